The Bertz CT molecular complexity index is 470. The van der Waals surface area contributed by atoms with Gasteiger partial charge in [0.2, 0.25) is 0 Å². The molecule has 0 amide bonds. The zero-order valence-corrected chi connectivity index (χ0v) is 11.7. The van der Waals surface area contributed by atoms with E-state index in [0.29, 0.717) is 6.10 Å². The lowest BCUT2D eigenvalue weighted by Crippen LogP contribution is -2.28. The van der Waals surface area contributed by atoms with E-state index in [0.717, 1.165) is 36.0 Å². The van der Waals surface area contributed by atoms with Gasteiger partial charge in [0.15, 0.2) is 0 Å². The topological polar surface area (TPSA) is 29.5 Å². The van der Waals surface area contributed by atoms with Gasteiger partial charge in [-0.2, -0.15) is 0 Å². The number of rotatable bonds is 2. The van der Waals surface area contributed by atoms with E-state index in [9.17, 15) is 0 Å². The molecule has 19 heavy (non-hydrogen) atoms. The van der Waals surface area contributed by atoms with Gasteiger partial charge in [0.1, 0.15) is 12.4 Å². The molecule has 1 N–H and O–H groups in total. The summed E-state index contributed by atoms with van der Waals surface area (Å²) in [6.45, 7) is 4.53. The van der Waals surface area contributed by atoms with E-state index in [1.807, 2.05) is 24.3 Å². The van der Waals surface area contributed by atoms with Gasteiger partial charge in [-0.25, -0.2) is 0 Å². The van der Waals surface area contributed by atoms with Crippen LogP contribution in [0, 0.1) is 23.7 Å². The molecule has 1 aliphatic carbocycles. The van der Waals surface area contributed by atoms with Crippen molar-refractivity contribution in [3.63, 3.8) is 0 Å². The predicted molar refractivity (Wildman–Crippen MR) is 77.0 cm³/mol. The van der Waals surface area contributed by atoms with Crippen LogP contribution in [0.25, 0.3) is 0 Å². The Hall–Kier alpha value is -1.46. The third kappa shape index (κ3) is 4.01. The molecular weight excluding hydrogens is 236 g/mol. The van der Waals surface area contributed by atoms with Crippen LogP contribution in [0.2, 0.25) is 0 Å². The van der Waals surface area contributed by atoms with Gasteiger partial charge in [0.05, 0.1) is 6.10 Å². The second-order valence-electron chi connectivity index (χ2n) is 5.50. The fourth-order valence-corrected chi connectivity index (χ4v) is 2.59. The van der Waals surface area contributed by atoms with Gasteiger partial charge >= 0.3 is 0 Å². The molecule has 3 unspecified atom stereocenters. The number of aliphatic hydroxyl groups is 1. The molecule has 102 valence electrons. The first-order valence-corrected chi connectivity index (χ1v) is 7.05. The SMILES string of the molecule is CC1CCC(Oc2cccc(C#CCO)c2)CC1C. The summed E-state index contributed by atoms with van der Waals surface area (Å²) >= 11 is 0. The Balaban J connectivity index is 1.99. The molecule has 0 aliphatic heterocycles. The molecule has 0 aromatic heterocycles. The third-order valence-electron chi connectivity index (χ3n) is 4.00. The summed E-state index contributed by atoms with van der Waals surface area (Å²) in [7, 11) is 0. The zero-order chi connectivity index (χ0) is 13.7. The van der Waals surface area contributed by atoms with Crippen LogP contribution in [0.3, 0.4) is 0 Å². The van der Waals surface area contributed by atoms with Crippen LogP contribution in [0.1, 0.15) is 38.7 Å². The Morgan fingerprint density at radius 1 is 1.26 bits per heavy atom. The fourth-order valence-electron chi connectivity index (χ4n) is 2.59. The maximum absolute atomic E-state index is 8.71. The lowest BCUT2D eigenvalue weighted by molar-refractivity contribution is 0.101. The second-order valence-corrected chi connectivity index (χ2v) is 5.50. The van der Waals surface area contributed by atoms with Crippen molar-refractivity contribution >= 4 is 0 Å². The van der Waals surface area contributed by atoms with Gasteiger partial charge in [-0.05, 0) is 49.3 Å². The quantitative estimate of drug-likeness (QED) is 0.825. The van der Waals surface area contributed by atoms with Crippen molar-refractivity contribution in [3.05, 3.63) is 29.8 Å². The van der Waals surface area contributed by atoms with E-state index in [2.05, 4.69) is 25.7 Å². The minimum absolute atomic E-state index is 0.108. The summed E-state index contributed by atoms with van der Waals surface area (Å²) in [5.74, 6) is 7.99. The molecule has 0 heterocycles. The molecule has 2 rings (SSSR count). The zero-order valence-electron chi connectivity index (χ0n) is 11.7. The average molecular weight is 258 g/mol. The van der Waals surface area contributed by atoms with Crippen LogP contribution in [-0.4, -0.2) is 17.8 Å². The van der Waals surface area contributed by atoms with Gasteiger partial charge in [-0.1, -0.05) is 31.8 Å². The molecule has 3 atom stereocenters. The molecule has 0 saturated heterocycles. The summed E-state index contributed by atoms with van der Waals surface area (Å²) < 4.78 is 6.06. The number of ether oxygens (including phenoxy) is 1. The normalized spacial score (nSPS) is 26.4. The summed E-state index contributed by atoms with van der Waals surface area (Å²) in [6, 6.07) is 7.81. The number of hydrogen-bond donors (Lipinski definition) is 1. The van der Waals surface area contributed by atoms with E-state index in [-0.39, 0.29) is 6.61 Å². The number of benzene rings is 1. The summed E-state index contributed by atoms with van der Waals surface area (Å²) in [6.07, 6.45) is 3.84. The van der Waals surface area contributed by atoms with E-state index in [1.165, 1.54) is 6.42 Å². The van der Waals surface area contributed by atoms with E-state index in [4.69, 9.17) is 9.84 Å². The smallest absolute Gasteiger partial charge is 0.120 e. The van der Waals surface area contributed by atoms with Gasteiger partial charge in [0.25, 0.3) is 0 Å². The maximum Gasteiger partial charge on any atom is 0.120 e. The van der Waals surface area contributed by atoms with Gasteiger partial charge in [-0.3, -0.25) is 0 Å². The van der Waals surface area contributed by atoms with E-state index < -0.39 is 0 Å². The molecule has 1 saturated carbocycles. The lowest BCUT2D eigenvalue weighted by atomic mass is 9.80. The van der Waals surface area contributed by atoms with Crippen LogP contribution in [-0.2, 0) is 0 Å². The highest BCUT2D eigenvalue weighted by Crippen LogP contribution is 2.31. The van der Waals surface area contributed by atoms with E-state index in [1.54, 1.807) is 0 Å². The molecule has 0 bridgehead atoms. The largest absolute Gasteiger partial charge is 0.490 e. The van der Waals surface area contributed by atoms with Gasteiger partial charge < -0.3 is 9.84 Å². The summed E-state index contributed by atoms with van der Waals surface area (Å²) in [5, 5.41) is 8.71. The van der Waals surface area contributed by atoms with Crippen molar-refractivity contribution in [2.24, 2.45) is 11.8 Å². The highest BCUT2D eigenvalue weighted by Gasteiger charge is 2.25. The first-order chi connectivity index (χ1) is 9.19. The van der Waals surface area contributed by atoms with Crippen molar-refractivity contribution in [2.75, 3.05) is 6.61 Å². The first kappa shape index (κ1) is 14.0. The molecular formula is C17H22O2. The number of aliphatic hydroxyl groups excluding tert-OH is 1. The van der Waals surface area contributed by atoms with Crippen LogP contribution in [0.15, 0.2) is 24.3 Å². The molecule has 1 fully saturated rings. The van der Waals surface area contributed by atoms with Crippen molar-refractivity contribution in [2.45, 2.75) is 39.2 Å². The summed E-state index contributed by atoms with van der Waals surface area (Å²) in [5.41, 5.74) is 0.892. The molecule has 1 aromatic rings. The predicted octanol–water partition coefficient (Wildman–Crippen LogP) is 3.23. The maximum atomic E-state index is 8.71. The fraction of sp³-hybridized carbons (Fsp3) is 0.529. The minimum Gasteiger partial charge on any atom is -0.490 e. The summed E-state index contributed by atoms with van der Waals surface area (Å²) in [4.78, 5) is 0. The van der Waals surface area contributed by atoms with E-state index >= 15 is 0 Å². The molecule has 1 aliphatic rings. The van der Waals surface area contributed by atoms with Crippen LogP contribution < -0.4 is 4.74 Å². The molecule has 2 heteroatoms. The van der Waals surface area contributed by atoms with Crippen molar-refractivity contribution in [3.8, 4) is 17.6 Å². The van der Waals surface area contributed by atoms with Gasteiger partial charge in [0, 0.05) is 5.56 Å². The average Bonchev–Trinajstić information content (AvgIpc) is 2.41. The van der Waals surface area contributed by atoms with Gasteiger partial charge in [-0.15, -0.1) is 0 Å². The van der Waals surface area contributed by atoms with Crippen molar-refractivity contribution in [1.82, 2.24) is 0 Å². The standard InChI is InChI=1S/C17H22O2/c1-13-8-9-17(11-14(13)2)19-16-7-3-5-15(12-16)6-4-10-18/h3,5,7,12-14,17-18H,8-11H2,1-2H3. The Morgan fingerprint density at radius 3 is 2.84 bits per heavy atom. The van der Waals surface area contributed by atoms with Crippen LogP contribution in [0.4, 0.5) is 0 Å². The highest BCUT2D eigenvalue weighted by molar-refractivity contribution is 5.39. The molecule has 2 nitrogen and oxygen atoms in total. The van der Waals surface area contributed by atoms with Crippen LogP contribution in [0.5, 0.6) is 5.75 Å². The molecule has 0 radical (unpaired) electrons. The van der Waals surface area contributed by atoms with Crippen molar-refractivity contribution < 1.29 is 9.84 Å². The Kier molecular flexibility index (Phi) is 4.87. The second kappa shape index (κ2) is 6.63. The minimum atomic E-state index is -0.108. The monoisotopic (exact) mass is 258 g/mol. The Morgan fingerprint density at radius 2 is 2.11 bits per heavy atom. The first-order valence-electron chi connectivity index (χ1n) is 7.05. The molecule has 0 spiro atoms. The number of hydrogen-bond acceptors (Lipinski definition) is 2. The molecule has 1 aromatic carbocycles. The van der Waals surface area contributed by atoms with Crippen molar-refractivity contribution in [1.29, 1.82) is 0 Å². The lowest BCUT2D eigenvalue weighted by Gasteiger charge is -2.32. The Labute approximate surface area is 115 Å². The van der Waals surface area contributed by atoms with Crippen LogP contribution >= 0.6 is 0 Å². The highest BCUT2D eigenvalue weighted by atomic mass is 16.5. The third-order valence-corrected chi connectivity index (χ3v) is 4.00.